The van der Waals surface area contributed by atoms with E-state index in [9.17, 15) is 9.59 Å². The van der Waals surface area contributed by atoms with E-state index in [0.29, 0.717) is 11.1 Å². The first-order valence-electron chi connectivity index (χ1n) is 5.01. The van der Waals surface area contributed by atoms with E-state index in [-0.39, 0.29) is 18.4 Å². The van der Waals surface area contributed by atoms with E-state index in [4.69, 9.17) is 4.74 Å². The Kier molecular flexibility index (Phi) is 4.45. The second-order valence-corrected chi connectivity index (χ2v) is 3.41. The van der Waals surface area contributed by atoms with Gasteiger partial charge in [0.15, 0.2) is 5.78 Å². The summed E-state index contributed by atoms with van der Waals surface area (Å²) >= 11 is 0. The van der Waals surface area contributed by atoms with Crippen LogP contribution in [0.2, 0.25) is 0 Å². The van der Waals surface area contributed by atoms with Crippen LogP contribution in [0.1, 0.15) is 24.2 Å². The van der Waals surface area contributed by atoms with Crippen LogP contribution in [0.15, 0.2) is 42.0 Å². The van der Waals surface area contributed by atoms with Crippen LogP contribution in [-0.2, 0) is 9.53 Å². The Balaban J connectivity index is 2.49. The van der Waals surface area contributed by atoms with Gasteiger partial charge in [-0.2, -0.15) is 0 Å². The van der Waals surface area contributed by atoms with Crippen LogP contribution in [0, 0.1) is 0 Å². The third-order valence-electron chi connectivity index (χ3n) is 2.17. The molecule has 0 saturated carbocycles. The van der Waals surface area contributed by atoms with Crippen LogP contribution in [-0.4, -0.2) is 18.4 Å². The summed E-state index contributed by atoms with van der Waals surface area (Å²) in [5, 5.41) is 0. The Hall–Kier alpha value is -1.90. The van der Waals surface area contributed by atoms with Crippen LogP contribution in [0.25, 0.3) is 0 Å². The molecule has 0 unspecified atom stereocenters. The lowest BCUT2D eigenvalue weighted by atomic mass is 10.2. The summed E-state index contributed by atoms with van der Waals surface area (Å²) < 4.78 is 4.98. The Bertz CT molecular complexity index is 404. The average Bonchev–Trinajstić information content (AvgIpc) is 2.29. The molecule has 0 aliphatic carbocycles. The lowest BCUT2D eigenvalue weighted by molar-refractivity contribution is -0.113. The van der Waals surface area contributed by atoms with Gasteiger partial charge in [-0.25, -0.2) is 4.79 Å². The molecule has 1 aromatic carbocycles. The Morgan fingerprint density at radius 2 is 1.81 bits per heavy atom. The molecule has 0 aliphatic rings. The van der Waals surface area contributed by atoms with E-state index in [1.165, 1.54) is 6.92 Å². The fourth-order valence-electron chi connectivity index (χ4n) is 1.04. The van der Waals surface area contributed by atoms with Crippen molar-refractivity contribution >= 4 is 11.8 Å². The standard InChI is InChI=1S/C13H14O3/c1-10(11(2)14)8-9-16-13(15)12-6-4-3-5-7-12/h3-8H,9H2,1-2H3/b10-8+. The van der Waals surface area contributed by atoms with Gasteiger partial charge in [-0.05, 0) is 37.6 Å². The van der Waals surface area contributed by atoms with Crippen molar-refractivity contribution in [3.63, 3.8) is 0 Å². The maximum Gasteiger partial charge on any atom is 0.338 e. The first kappa shape index (κ1) is 12.2. The van der Waals surface area contributed by atoms with Crippen LogP contribution in [0.3, 0.4) is 0 Å². The minimum atomic E-state index is -0.381. The molecule has 0 radical (unpaired) electrons. The molecule has 16 heavy (non-hydrogen) atoms. The maximum absolute atomic E-state index is 11.5. The molecule has 84 valence electrons. The van der Waals surface area contributed by atoms with E-state index in [1.54, 1.807) is 37.3 Å². The van der Waals surface area contributed by atoms with E-state index in [2.05, 4.69) is 0 Å². The van der Waals surface area contributed by atoms with Gasteiger partial charge in [0.1, 0.15) is 6.61 Å². The van der Waals surface area contributed by atoms with Gasteiger partial charge in [0.2, 0.25) is 0 Å². The minimum absolute atomic E-state index is 0.0178. The van der Waals surface area contributed by atoms with Crippen molar-refractivity contribution in [2.45, 2.75) is 13.8 Å². The number of ketones is 1. The van der Waals surface area contributed by atoms with Gasteiger partial charge in [0.05, 0.1) is 5.56 Å². The Morgan fingerprint density at radius 1 is 1.19 bits per heavy atom. The third-order valence-corrected chi connectivity index (χ3v) is 2.17. The summed E-state index contributed by atoms with van der Waals surface area (Å²) in [4.78, 5) is 22.3. The average molecular weight is 218 g/mol. The molecule has 1 rings (SSSR count). The molecule has 1 aromatic rings. The third kappa shape index (κ3) is 3.69. The highest BCUT2D eigenvalue weighted by molar-refractivity contribution is 5.92. The summed E-state index contributed by atoms with van der Waals surface area (Å²) in [5.74, 6) is -0.399. The van der Waals surface area contributed by atoms with E-state index < -0.39 is 0 Å². The van der Waals surface area contributed by atoms with Crippen LogP contribution in [0.4, 0.5) is 0 Å². The predicted octanol–water partition coefficient (Wildman–Crippen LogP) is 2.38. The molecule has 0 atom stereocenters. The van der Waals surface area contributed by atoms with Gasteiger partial charge in [0, 0.05) is 0 Å². The zero-order chi connectivity index (χ0) is 12.0. The molecule has 3 nitrogen and oxygen atoms in total. The lowest BCUT2D eigenvalue weighted by Crippen LogP contribution is -2.05. The fourth-order valence-corrected chi connectivity index (χ4v) is 1.04. The summed E-state index contributed by atoms with van der Waals surface area (Å²) in [6.07, 6.45) is 1.60. The molecule has 0 spiro atoms. The van der Waals surface area contributed by atoms with Gasteiger partial charge in [-0.15, -0.1) is 0 Å². The zero-order valence-electron chi connectivity index (χ0n) is 9.40. The first-order valence-corrected chi connectivity index (χ1v) is 5.01. The first-order chi connectivity index (χ1) is 7.61. The molecule has 0 bridgehead atoms. The van der Waals surface area contributed by atoms with Crippen molar-refractivity contribution in [2.24, 2.45) is 0 Å². The van der Waals surface area contributed by atoms with Crippen LogP contribution < -0.4 is 0 Å². The zero-order valence-corrected chi connectivity index (χ0v) is 9.40. The molecule has 0 N–H and O–H groups in total. The second kappa shape index (κ2) is 5.85. The fraction of sp³-hybridized carbons (Fsp3) is 0.231. The molecule has 0 aliphatic heterocycles. The van der Waals surface area contributed by atoms with Gasteiger partial charge >= 0.3 is 5.97 Å². The van der Waals surface area contributed by atoms with Crippen molar-refractivity contribution < 1.29 is 14.3 Å². The van der Waals surface area contributed by atoms with E-state index in [0.717, 1.165) is 0 Å². The number of carbonyl (C=O) groups is 2. The molecule has 0 saturated heterocycles. The number of Topliss-reactive ketones (excluding diaryl/α,β-unsaturated/α-hetero) is 1. The normalized spacial score (nSPS) is 11.0. The largest absolute Gasteiger partial charge is 0.458 e. The van der Waals surface area contributed by atoms with Crippen molar-refractivity contribution in [1.82, 2.24) is 0 Å². The Morgan fingerprint density at radius 3 is 2.38 bits per heavy atom. The highest BCUT2D eigenvalue weighted by Crippen LogP contribution is 2.01. The highest BCUT2D eigenvalue weighted by Gasteiger charge is 2.04. The molecule has 0 heterocycles. The topological polar surface area (TPSA) is 43.4 Å². The SMILES string of the molecule is CC(=O)/C(C)=C/COC(=O)c1ccccc1. The number of benzene rings is 1. The summed E-state index contributed by atoms with van der Waals surface area (Å²) in [7, 11) is 0. The van der Waals surface area contributed by atoms with Gasteiger partial charge < -0.3 is 4.74 Å². The molecule has 0 aromatic heterocycles. The number of carbonyl (C=O) groups excluding carboxylic acids is 2. The molecule has 3 heteroatoms. The quantitative estimate of drug-likeness (QED) is 0.575. The number of hydrogen-bond donors (Lipinski definition) is 0. The van der Waals surface area contributed by atoms with E-state index in [1.807, 2.05) is 6.07 Å². The minimum Gasteiger partial charge on any atom is -0.458 e. The molecule has 0 amide bonds. The van der Waals surface area contributed by atoms with Gasteiger partial charge in [0.25, 0.3) is 0 Å². The smallest absolute Gasteiger partial charge is 0.338 e. The maximum atomic E-state index is 11.5. The van der Waals surface area contributed by atoms with Gasteiger partial charge in [-0.3, -0.25) is 4.79 Å². The number of ether oxygens (including phenoxy) is 1. The second-order valence-electron chi connectivity index (χ2n) is 3.41. The summed E-state index contributed by atoms with van der Waals surface area (Å²) in [6, 6.07) is 8.74. The van der Waals surface area contributed by atoms with Crippen molar-refractivity contribution in [3.8, 4) is 0 Å². The highest BCUT2D eigenvalue weighted by atomic mass is 16.5. The number of rotatable bonds is 4. The number of allylic oxidation sites excluding steroid dienone is 1. The van der Waals surface area contributed by atoms with Crippen molar-refractivity contribution in [3.05, 3.63) is 47.5 Å². The number of hydrogen-bond acceptors (Lipinski definition) is 3. The molecular formula is C13H14O3. The van der Waals surface area contributed by atoms with Crippen LogP contribution >= 0.6 is 0 Å². The van der Waals surface area contributed by atoms with Gasteiger partial charge in [-0.1, -0.05) is 18.2 Å². The predicted molar refractivity (Wildman–Crippen MR) is 61.2 cm³/mol. The van der Waals surface area contributed by atoms with Crippen molar-refractivity contribution in [1.29, 1.82) is 0 Å². The lowest BCUT2D eigenvalue weighted by Gasteiger charge is -2.01. The molecular weight excluding hydrogens is 204 g/mol. The van der Waals surface area contributed by atoms with E-state index >= 15 is 0 Å². The summed E-state index contributed by atoms with van der Waals surface area (Å²) in [5.41, 5.74) is 1.11. The summed E-state index contributed by atoms with van der Waals surface area (Å²) in [6.45, 7) is 3.29. The molecule has 0 fully saturated rings. The van der Waals surface area contributed by atoms with Crippen LogP contribution in [0.5, 0.6) is 0 Å². The monoisotopic (exact) mass is 218 g/mol. The Labute approximate surface area is 94.7 Å². The number of esters is 1. The van der Waals surface area contributed by atoms with Crippen molar-refractivity contribution in [2.75, 3.05) is 6.61 Å².